The van der Waals surface area contributed by atoms with Gasteiger partial charge in [0, 0.05) is 6.07 Å². The van der Waals surface area contributed by atoms with E-state index in [0.29, 0.717) is 11.1 Å². The minimum atomic E-state index is -0.869. The van der Waals surface area contributed by atoms with E-state index in [2.05, 4.69) is 0 Å². The number of rotatable bonds is 2. The fraction of sp³-hybridized carbons (Fsp3) is 0. The average Bonchev–Trinajstić information content (AvgIpc) is 2.28. The maximum absolute atomic E-state index is 9.43. The smallest absolute Gasteiger partial charge is 0.282 e. The Morgan fingerprint density at radius 2 is 1.28 bits per heavy atom. The SMILES string of the molecule is OC(O)=C(c1ccccc1)c1cc(O)cc(O)c1. The molecule has 0 amide bonds. The predicted octanol–water partition coefficient (Wildman–Crippen LogP) is 2.93. The van der Waals surface area contributed by atoms with Crippen LogP contribution in [0, 0.1) is 0 Å². The lowest BCUT2D eigenvalue weighted by molar-refractivity contribution is 0.194. The normalized spacial score (nSPS) is 10.0. The lowest BCUT2D eigenvalue weighted by Crippen LogP contribution is -1.93. The molecule has 0 unspecified atom stereocenters. The Kier molecular flexibility index (Phi) is 3.10. The quantitative estimate of drug-likeness (QED) is 0.612. The molecule has 0 aliphatic rings. The molecule has 0 aromatic heterocycles. The van der Waals surface area contributed by atoms with Crippen LogP contribution >= 0.6 is 0 Å². The molecule has 0 spiro atoms. The van der Waals surface area contributed by atoms with Crippen molar-refractivity contribution in [3.8, 4) is 11.5 Å². The molecule has 0 aliphatic carbocycles. The highest BCUT2D eigenvalue weighted by atomic mass is 16.5. The molecule has 4 N–H and O–H groups in total. The van der Waals surface area contributed by atoms with Crippen molar-refractivity contribution in [1.29, 1.82) is 0 Å². The summed E-state index contributed by atoms with van der Waals surface area (Å²) >= 11 is 0. The summed E-state index contributed by atoms with van der Waals surface area (Å²) in [6.07, 6.45) is 0. The van der Waals surface area contributed by atoms with Gasteiger partial charge >= 0.3 is 0 Å². The Hall–Kier alpha value is -2.62. The second-order valence-corrected chi connectivity index (χ2v) is 3.80. The number of hydrogen-bond donors (Lipinski definition) is 4. The molecule has 4 nitrogen and oxygen atoms in total. The topological polar surface area (TPSA) is 80.9 Å². The lowest BCUT2D eigenvalue weighted by atomic mass is 9.98. The molecule has 0 radical (unpaired) electrons. The van der Waals surface area contributed by atoms with Crippen LogP contribution in [-0.2, 0) is 0 Å². The first-order valence-corrected chi connectivity index (χ1v) is 5.29. The van der Waals surface area contributed by atoms with Gasteiger partial charge in [-0.05, 0) is 23.3 Å². The van der Waals surface area contributed by atoms with Gasteiger partial charge in [-0.3, -0.25) is 0 Å². The van der Waals surface area contributed by atoms with Crippen molar-refractivity contribution in [2.45, 2.75) is 0 Å². The summed E-state index contributed by atoms with van der Waals surface area (Å²) in [5, 5.41) is 37.6. The van der Waals surface area contributed by atoms with Gasteiger partial charge in [0.1, 0.15) is 11.5 Å². The van der Waals surface area contributed by atoms with Crippen molar-refractivity contribution in [3.63, 3.8) is 0 Å². The van der Waals surface area contributed by atoms with Crippen LogP contribution in [0.1, 0.15) is 11.1 Å². The number of aromatic hydroxyl groups is 2. The average molecular weight is 244 g/mol. The summed E-state index contributed by atoms with van der Waals surface area (Å²) in [7, 11) is 0. The third-order valence-corrected chi connectivity index (χ3v) is 2.48. The van der Waals surface area contributed by atoms with Gasteiger partial charge in [0.25, 0.3) is 5.95 Å². The largest absolute Gasteiger partial charge is 0.508 e. The van der Waals surface area contributed by atoms with Crippen LogP contribution in [0.3, 0.4) is 0 Å². The van der Waals surface area contributed by atoms with E-state index in [1.54, 1.807) is 30.3 Å². The van der Waals surface area contributed by atoms with E-state index in [9.17, 15) is 20.4 Å². The maximum atomic E-state index is 9.43. The first-order valence-electron chi connectivity index (χ1n) is 5.29. The maximum Gasteiger partial charge on any atom is 0.282 e. The lowest BCUT2D eigenvalue weighted by Gasteiger charge is -2.09. The van der Waals surface area contributed by atoms with E-state index < -0.39 is 5.95 Å². The van der Waals surface area contributed by atoms with Gasteiger partial charge in [0.15, 0.2) is 0 Å². The van der Waals surface area contributed by atoms with Gasteiger partial charge in [-0.15, -0.1) is 0 Å². The minimum absolute atomic E-state index is 0.141. The van der Waals surface area contributed by atoms with Gasteiger partial charge in [-0.1, -0.05) is 30.3 Å². The summed E-state index contributed by atoms with van der Waals surface area (Å²) in [5.74, 6) is -1.18. The molecule has 0 saturated carbocycles. The van der Waals surface area contributed by atoms with Gasteiger partial charge in [0.2, 0.25) is 0 Å². The zero-order valence-electron chi connectivity index (χ0n) is 9.41. The molecule has 2 rings (SSSR count). The second-order valence-electron chi connectivity index (χ2n) is 3.80. The number of aliphatic hydroxyl groups is 2. The number of aliphatic hydroxyl groups excluding tert-OH is 1. The molecule has 2 aromatic rings. The van der Waals surface area contributed by atoms with E-state index >= 15 is 0 Å². The standard InChI is InChI=1S/C14H12O4/c15-11-6-10(7-12(16)8-11)13(14(17)18)9-4-2-1-3-5-9/h1-8,15-18H. The molecular formula is C14H12O4. The van der Waals surface area contributed by atoms with Crippen molar-refractivity contribution >= 4 is 5.57 Å². The number of phenols is 2. The minimum Gasteiger partial charge on any atom is -0.508 e. The van der Waals surface area contributed by atoms with Crippen LogP contribution in [0.5, 0.6) is 11.5 Å². The molecule has 0 fully saturated rings. The van der Waals surface area contributed by atoms with Crippen molar-refractivity contribution in [2.24, 2.45) is 0 Å². The Morgan fingerprint density at radius 1 is 0.722 bits per heavy atom. The van der Waals surface area contributed by atoms with E-state index in [1.165, 1.54) is 18.2 Å². The molecule has 18 heavy (non-hydrogen) atoms. The summed E-state index contributed by atoms with van der Waals surface area (Å²) in [4.78, 5) is 0. The summed E-state index contributed by atoms with van der Waals surface area (Å²) in [6, 6.07) is 12.5. The van der Waals surface area contributed by atoms with Crippen molar-refractivity contribution in [1.82, 2.24) is 0 Å². The van der Waals surface area contributed by atoms with Crippen LogP contribution in [0.4, 0.5) is 0 Å². The molecule has 0 saturated heterocycles. The predicted molar refractivity (Wildman–Crippen MR) is 67.5 cm³/mol. The van der Waals surface area contributed by atoms with Crippen LogP contribution in [0.2, 0.25) is 0 Å². The number of phenolic OH excluding ortho intramolecular Hbond substituents is 2. The Morgan fingerprint density at radius 3 is 1.78 bits per heavy atom. The fourth-order valence-corrected chi connectivity index (χ4v) is 1.77. The first kappa shape index (κ1) is 11.9. The summed E-state index contributed by atoms with van der Waals surface area (Å²) < 4.78 is 0. The van der Waals surface area contributed by atoms with E-state index in [1.807, 2.05) is 0 Å². The van der Waals surface area contributed by atoms with Crippen molar-refractivity contribution in [3.05, 3.63) is 65.6 Å². The molecule has 0 atom stereocenters. The van der Waals surface area contributed by atoms with Gasteiger partial charge in [-0.25, -0.2) is 0 Å². The van der Waals surface area contributed by atoms with E-state index in [4.69, 9.17) is 0 Å². The summed E-state index contributed by atoms with van der Waals surface area (Å²) in [5.41, 5.74) is 1.03. The number of benzene rings is 2. The molecule has 4 heteroatoms. The highest BCUT2D eigenvalue weighted by Gasteiger charge is 2.12. The molecule has 92 valence electrons. The molecule has 0 aliphatic heterocycles. The van der Waals surface area contributed by atoms with Crippen LogP contribution in [0.15, 0.2) is 54.5 Å². The monoisotopic (exact) mass is 244 g/mol. The third kappa shape index (κ3) is 2.38. The molecular weight excluding hydrogens is 232 g/mol. The zero-order chi connectivity index (χ0) is 13.1. The van der Waals surface area contributed by atoms with Crippen LogP contribution in [0.25, 0.3) is 5.57 Å². The van der Waals surface area contributed by atoms with Gasteiger partial charge in [-0.2, -0.15) is 0 Å². The second kappa shape index (κ2) is 4.71. The van der Waals surface area contributed by atoms with Crippen LogP contribution in [-0.4, -0.2) is 20.4 Å². The summed E-state index contributed by atoms with van der Waals surface area (Å²) in [6.45, 7) is 0. The number of hydrogen-bond acceptors (Lipinski definition) is 4. The highest BCUT2D eigenvalue weighted by molar-refractivity contribution is 5.81. The highest BCUT2D eigenvalue weighted by Crippen LogP contribution is 2.30. The Labute approximate surface area is 104 Å². The van der Waals surface area contributed by atoms with Gasteiger partial charge < -0.3 is 20.4 Å². The zero-order valence-corrected chi connectivity index (χ0v) is 9.41. The Balaban J connectivity index is 2.61. The molecule has 2 aromatic carbocycles. The van der Waals surface area contributed by atoms with Crippen molar-refractivity contribution in [2.75, 3.05) is 0 Å². The fourth-order valence-electron chi connectivity index (χ4n) is 1.77. The third-order valence-electron chi connectivity index (χ3n) is 2.48. The Bertz CT molecular complexity index is 564. The van der Waals surface area contributed by atoms with Crippen LogP contribution < -0.4 is 0 Å². The van der Waals surface area contributed by atoms with Gasteiger partial charge in [0.05, 0.1) is 5.57 Å². The molecule has 0 bridgehead atoms. The van der Waals surface area contributed by atoms with E-state index in [-0.39, 0.29) is 17.1 Å². The molecule has 0 heterocycles. The van der Waals surface area contributed by atoms with E-state index in [0.717, 1.165) is 0 Å². The van der Waals surface area contributed by atoms with Crippen molar-refractivity contribution < 1.29 is 20.4 Å². The first-order chi connectivity index (χ1) is 8.58.